The van der Waals surface area contributed by atoms with E-state index in [0.29, 0.717) is 11.4 Å². The van der Waals surface area contributed by atoms with Gasteiger partial charge in [-0.05, 0) is 18.3 Å². The second kappa shape index (κ2) is 4.96. The third kappa shape index (κ3) is 3.88. The van der Waals surface area contributed by atoms with Gasteiger partial charge in [0.15, 0.2) is 0 Å². The topological polar surface area (TPSA) is 76.0 Å². The molecule has 3 atom stereocenters. The average Bonchev–Trinajstić information content (AvgIpc) is 2.41. The summed E-state index contributed by atoms with van der Waals surface area (Å²) in [6.07, 6.45) is 0.613. The summed E-state index contributed by atoms with van der Waals surface area (Å²) in [5.41, 5.74) is 0. The zero-order valence-electron chi connectivity index (χ0n) is 8.12. The van der Waals surface area contributed by atoms with Gasteiger partial charge in [0.1, 0.15) is 0 Å². The predicted octanol–water partition coefficient (Wildman–Crippen LogP) is 1.00. The Morgan fingerprint density at radius 2 is 2.29 bits per heavy atom. The maximum atomic E-state index is 10.6. The average molecular weight is 242 g/mol. The van der Waals surface area contributed by atoms with Crippen molar-refractivity contribution >= 4 is 18.2 Å². The Morgan fingerprint density at radius 3 is 2.79 bits per heavy atom. The zero-order chi connectivity index (χ0) is 10.8. The Morgan fingerprint density at radius 1 is 1.64 bits per heavy atom. The molecule has 5 nitrogen and oxygen atoms in total. The van der Waals surface area contributed by atoms with Crippen molar-refractivity contribution in [1.82, 2.24) is 0 Å². The van der Waals surface area contributed by atoms with E-state index < -0.39 is 6.80 Å². The van der Waals surface area contributed by atoms with Crippen molar-refractivity contribution < 1.29 is 23.8 Å². The van der Waals surface area contributed by atoms with Crippen molar-refractivity contribution in [2.75, 3.05) is 12.9 Å². The Labute approximate surface area is 87.1 Å². The SMILES string of the molecule is COC1CC(C)OC1CSP(=O)(O)O. The molecule has 0 bridgehead atoms. The van der Waals surface area contributed by atoms with Crippen LogP contribution in [0, 0.1) is 0 Å². The van der Waals surface area contributed by atoms with Gasteiger partial charge in [0, 0.05) is 19.3 Å². The first-order valence-electron chi connectivity index (χ1n) is 4.30. The van der Waals surface area contributed by atoms with Crippen molar-refractivity contribution in [2.45, 2.75) is 31.7 Å². The zero-order valence-corrected chi connectivity index (χ0v) is 9.83. The monoisotopic (exact) mass is 242 g/mol. The smallest absolute Gasteiger partial charge is 0.379 e. The number of methoxy groups -OCH3 is 1. The molecule has 0 amide bonds. The summed E-state index contributed by atoms with van der Waals surface area (Å²) in [6, 6.07) is 0. The summed E-state index contributed by atoms with van der Waals surface area (Å²) >= 11 is 0.614. The van der Waals surface area contributed by atoms with Gasteiger partial charge >= 0.3 is 6.80 Å². The molecule has 1 saturated heterocycles. The Bertz CT molecular complexity index is 230. The van der Waals surface area contributed by atoms with Crippen molar-refractivity contribution in [1.29, 1.82) is 0 Å². The highest BCUT2D eigenvalue weighted by molar-refractivity contribution is 8.54. The molecule has 0 spiro atoms. The van der Waals surface area contributed by atoms with E-state index >= 15 is 0 Å². The molecule has 2 N–H and O–H groups in total. The van der Waals surface area contributed by atoms with E-state index in [-0.39, 0.29) is 24.1 Å². The third-order valence-corrected chi connectivity index (χ3v) is 4.37. The van der Waals surface area contributed by atoms with Crippen LogP contribution < -0.4 is 0 Å². The molecule has 7 heteroatoms. The quantitative estimate of drug-likeness (QED) is 0.716. The van der Waals surface area contributed by atoms with Gasteiger partial charge in [-0.25, -0.2) is 4.57 Å². The maximum absolute atomic E-state index is 10.6. The molecule has 0 radical (unpaired) electrons. The van der Waals surface area contributed by atoms with Crippen LogP contribution >= 0.6 is 18.2 Å². The molecular formula is C7H15O5PS. The van der Waals surface area contributed by atoms with E-state index in [1.165, 1.54) is 0 Å². The molecule has 0 aromatic carbocycles. The van der Waals surface area contributed by atoms with E-state index in [1.807, 2.05) is 6.92 Å². The van der Waals surface area contributed by atoms with E-state index in [2.05, 4.69) is 0 Å². The molecule has 1 heterocycles. The van der Waals surface area contributed by atoms with Crippen LogP contribution in [0.1, 0.15) is 13.3 Å². The molecule has 1 rings (SSSR count). The van der Waals surface area contributed by atoms with Crippen LogP contribution in [-0.4, -0.2) is 41.0 Å². The molecule has 1 aliphatic heterocycles. The van der Waals surface area contributed by atoms with Crippen molar-refractivity contribution in [3.8, 4) is 0 Å². The van der Waals surface area contributed by atoms with Gasteiger partial charge in [0.2, 0.25) is 0 Å². The molecule has 1 aliphatic rings. The maximum Gasteiger partial charge on any atom is 0.384 e. The summed E-state index contributed by atoms with van der Waals surface area (Å²) in [5.74, 6) is 0.271. The van der Waals surface area contributed by atoms with E-state index in [9.17, 15) is 4.57 Å². The first-order valence-corrected chi connectivity index (χ1v) is 7.51. The lowest BCUT2D eigenvalue weighted by atomic mass is 10.2. The van der Waals surface area contributed by atoms with E-state index in [4.69, 9.17) is 19.3 Å². The third-order valence-electron chi connectivity index (χ3n) is 2.10. The van der Waals surface area contributed by atoms with Crippen LogP contribution in [0.3, 0.4) is 0 Å². The number of rotatable bonds is 4. The molecule has 0 aromatic rings. The van der Waals surface area contributed by atoms with Gasteiger partial charge in [0.05, 0.1) is 18.3 Å². The number of hydrogen-bond acceptors (Lipinski definition) is 4. The largest absolute Gasteiger partial charge is 0.384 e. The summed E-state index contributed by atoms with van der Waals surface area (Å²) in [6.45, 7) is -2.07. The van der Waals surface area contributed by atoms with Crippen LogP contribution in [0.2, 0.25) is 0 Å². The lowest BCUT2D eigenvalue weighted by Crippen LogP contribution is -2.25. The van der Waals surface area contributed by atoms with Crippen LogP contribution in [0.25, 0.3) is 0 Å². The summed E-state index contributed by atoms with van der Waals surface area (Å²) in [7, 11) is 1.58. The Balaban J connectivity index is 2.40. The lowest BCUT2D eigenvalue weighted by Gasteiger charge is -2.16. The van der Waals surface area contributed by atoms with Crippen LogP contribution in [0.15, 0.2) is 0 Å². The molecule has 0 aromatic heterocycles. The molecular weight excluding hydrogens is 227 g/mol. The Kier molecular flexibility index (Phi) is 4.43. The van der Waals surface area contributed by atoms with E-state index in [1.54, 1.807) is 7.11 Å². The molecule has 3 unspecified atom stereocenters. The van der Waals surface area contributed by atoms with Crippen molar-refractivity contribution in [3.05, 3.63) is 0 Å². The van der Waals surface area contributed by atoms with Gasteiger partial charge < -0.3 is 19.3 Å². The fraction of sp³-hybridized carbons (Fsp3) is 1.00. The van der Waals surface area contributed by atoms with Crippen LogP contribution in [0.4, 0.5) is 0 Å². The molecule has 0 saturated carbocycles. The van der Waals surface area contributed by atoms with Gasteiger partial charge in [-0.2, -0.15) is 0 Å². The van der Waals surface area contributed by atoms with E-state index in [0.717, 1.165) is 6.42 Å². The lowest BCUT2D eigenvalue weighted by molar-refractivity contribution is 0.0132. The normalized spacial score (nSPS) is 33.6. The van der Waals surface area contributed by atoms with Crippen molar-refractivity contribution in [3.63, 3.8) is 0 Å². The highest BCUT2D eigenvalue weighted by Crippen LogP contribution is 2.51. The second-order valence-electron chi connectivity index (χ2n) is 3.28. The Hall–Kier alpha value is 0.420. The van der Waals surface area contributed by atoms with Gasteiger partial charge in [0.25, 0.3) is 0 Å². The summed E-state index contributed by atoms with van der Waals surface area (Å²) in [5, 5.41) is 0. The fourth-order valence-corrected chi connectivity index (χ4v) is 3.14. The summed E-state index contributed by atoms with van der Waals surface area (Å²) in [4.78, 5) is 17.4. The van der Waals surface area contributed by atoms with Gasteiger partial charge in [-0.15, -0.1) is 0 Å². The minimum atomic E-state index is -3.99. The minimum Gasteiger partial charge on any atom is -0.379 e. The summed E-state index contributed by atoms with van der Waals surface area (Å²) < 4.78 is 21.3. The van der Waals surface area contributed by atoms with Crippen LogP contribution in [0.5, 0.6) is 0 Å². The highest BCUT2D eigenvalue weighted by Gasteiger charge is 2.34. The van der Waals surface area contributed by atoms with Gasteiger partial charge in [-0.3, -0.25) is 0 Å². The van der Waals surface area contributed by atoms with Gasteiger partial charge in [-0.1, -0.05) is 0 Å². The number of ether oxygens (including phenoxy) is 2. The minimum absolute atomic E-state index is 0.0518. The molecule has 0 aliphatic carbocycles. The highest BCUT2D eigenvalue weighted by atomic mass is 32.7. The standard InChI is InChI=1S/C7H15O5PS/c1-5-3-6(11-2)7(12-5)4-14-13(8,9)10/h5-7H,3-4H2,1-2H3,(H2,8,9,10). The fourth-order valence-electron chi connectivity index (χ4n) is 1.49. The molecule has 84 valence electrons. The predicted molar refractivity (Wildman–Crippen MR) is 54.3 cm³/mol. The second-order valence-corrected chi connectivity index (χ2v) is 7.06. The first-order chi connectivity index (χ1) is 6.42. The number of hydrogen-bond donors (Lipinski definition) is 2. The molecule has 14 heavy (non-hydrogen) atoms. The van der Waals surface area contributed by atoms with Crippen molar-refractivity contribution in [2.24, 2.45) is 0 Å². The first kappa shape index (κ1) is 12.5. The molecule has 1 fully saturated rings. The van der Waals surface area contributed by atoms with Crippen LogP contribution in [-0.2, 0) is 14.0 Å².